The highest BCUT2D eigenvalue weighted by Gasteiger charge is 2.41. The summed E-state index contributed by atoms with van der Waals surface area (Å²) in [5.41, 5.74) is -0.176. The summed E-state index contributed by atoms with van der Waals surface area (Å²) >= 11 is 0. The summed E-state index contributed by atoms with van der Waals surface area (Å²) in [6, 6.07) is 8.80. The van der Waals surface area contributed by atoms with Gasteiger partial charge in [0.25, 0.3) is 0 Å². The molecule has 0 aliphatic carbocycles. The van der Waals surface area contributed by atoms with Crippen molar-refractivity contribution in [3.8, 4) is 0 Å². The Labute approximate surface area is 223 Å². The van der Waals surface area contributed by atoms with Gasteiger partial charge in [-0.2, -0.15) is 23.3 Å². The average Bonchev–Trinajstić information content (AvgIpc) is 3.49. The van der Waals surface area contributed by atoms with E-state index in [0.29, 0.717) is 31.7 Å². The van der Waals surface area contributed by atoms with Crippen LogP contribution >= 0.6 is 0 Å². The smallest absolute Gasteiger partial charge is 0.421 e. The first kappa shape index (κ1) is 26.7. The van der Waals surface area contributed by atoms with E-state index in [2.05, 4.69) is 20.4 Å². The summed E-state index contributed by atoms with van der Waals surface area (Å²) in [6.07, 6.45) is -0.457. The van der Waals surface area contributed by atoms with Gasteiger partial charge in [-0.05, 0) is 26.3 Å². The number of ether oxygens (including phenoxy) is 1. The molecular formula is C26H30F3N7O3. The first-order chi connectivity index (χ1) is 18.5. The zero-order valence-corrected chi connectivity index (χ0v) is 21.9. The highest BCUT2D eigenvalue weighted by Crippen LogP contribution is 2.41. The third-order valence-electron chi connectivity index (χ3n) is 6.32. The molecule has 0 spiro atoms. The third kappa shape index (κ3) is 6.24. The standard InChI is InChI=1S/C26H30F3N7O3/c1-25(2,3)39-24(37)34-13-17(14-34)15-35-16-19(11-31-35)32-23-30-12-20(26(27,28)29)22(33-23)36-21(9-10-38-36)18-7-5-4-6-8-18/h4-8,11-12,16-17,21H,9-10,13-15H2,1-3H3,(H,30,32,33)/t21-/m0/s1. The van der Waals surface area contributed by atoms with Crippen molar-refractivity contribution in [2.24, 2.45) is 5.92 Å². The normalized spacial score (nSPS) is 18.3. The maximum atomic E-state index is 13.9. The molecule has 2 saturated heterocycles. The molecule has 1 amide bonds. The molecule has 39 heavy (non-hydrogen) atoms. The van der Waals surface area contributed by atoms with E-state index in [0.717, 1.165) is 11.8 Å². The summed E-state index contributed by atoms with van der Waals surface area (Å²) in [4.78, 5) is 27.5. The maximum absolute atomic E-state index is 13.9. The minimum absolute atomic E-state index is 0.0143. The lowest BCUT2D eigenvalue weighted by atomic mass is 10.0. The first-order valence-electron chi connectivity index (χ1n) is 12.6. The van der Waals surface area contributed by atoms with E-state index in [1.807, 2.05) is 51.1 Å². The highest BCUT2D eigenvalue weighted by atomic mass is 19.4. The molecule has 2 fully saturated rings. The van der Waals surface area contributed by atoms with E-state index in [4.69, 9.17) is 9.57 Å². The van der Waals surface area contributed by atoms with Crippen molar-refractivity contribution in [1.82, 2.24) is 24.6 Å². The molecular weight excluding hydrogens is 515 g/mol. The molecule has 0 saturated carbocycles. The van der Waals surface area contributed by atoms with Crippen LogP contribution < -0.4 is 10.4 Å². The Morgan fingerprint density at radius 3 is 2.59 bits per heavy atom. The average molecular weight is 546 g/mol. The minimum atomic E-state index is -4.66. The minimum Gasteiger partial charge on any atom is -0.444 e. The fourth-order valence-electron chi connectivity index (χ4n) is 4.54. The van der Waals surface area contributed by atoms with Gasteiger partial charge in [-0.1, -0.05) is 30.3 Å². The number of hydrogen-bond donors (Lipinski definition) is 1. The van der Waals surface area contributed by atoms with Crippen LogP contribution in [0.15, 0.2) is 48.9 Å². The van der Waals surface area contributed by atoms with Crippen LogP contribution in [0.4, 0.5) is 35.4 Å². The van der Waals surface area contributed by atoms with Crippen LogP contribution in [0.3, 0.4) is 0 Å². The summed E-state index contributed by atoms with van der Waals surface area (Å²) < 4.78 is 48.7. The van der Waals surface area contributed by atoms with Gasteiger partial charge in [0.05, 0.1) is 24.5 Å². The van der Waals surface area contributed by atoms with Crippen LogP contribution in [-0.2, 0) is 22.3 Å². The zero-order chi connectivity index (χ0) is 27.8. The van der Waals surface area contributed by atoms with Crippen LogP contribution in [0.2, 0.25) is 0 Å². The Bertz CT molecular complexity index is 1300. The second kappa shape index (κ2) is 10.4. The van der Waals surface area contributed by atoms with Gasteiger partial charge in [0.15, 0.2) is 5.82 Å². The number of halogens is 3. The monoisotopic (exact) mass is 545 g/mol. The molecule has 2 aliphatic rings. The number of likely N-dealkylation sites (tertiary alicyclic amines) is 1. The molecule has 4 heterocycles. The predicted octanol–water partition coefficient (Wildman–Crippen LogP) is 5.19. The number of amides is 1. The van der Waals surface area contributed by atoms with Crippen molar-refractivity contribution >= 4 is 23.5 Å². The molecule has 0 unspecified atom stereocenters. The molecule has 5 rings (SSSR count). The zero-order valence-electron chi connectivity index (χ0n) is 21.9. The van der Waals surface area contributed by atoms with Crippen LogP contribution in [-0.4, -0.2) is 56.0 Å². The Morgan fingerprint density at radius 1 is 1.15 bits per heavy atom. The van der Waals surface area contributed by atoms with E-state index < -0.39 is 23.4 Å². The number of aromatic nitrogens is 4. The number of alkyl halides is 3. The van der Waals surface area contributed by atoms with Gasteiger partial charge in [0.1, 0.15) is 11.2 Å². The Kier molecular flexibility index (Phi) is 7.10. The van der Waals surface area contributed by atoms with E-state index in [9.17, 15) is 18.0 Å². The fourth-order valence-corrected chi connectivity index (χ4v) is 4.54. The highest BCUT2D eigenvalue weighted by molar-refractivity contribution is 5.69. The molecule has 10 nitrogen and oxygen atoms in total. The van der Waals surface area contributed by atoms with E-state index in [1.165, 1.54) is 5.06 Å². The number of benzene rings is 1. The lowest BCUT2D eigenvalue weighted by Crippen LogP contribution is -2.52. The van der Waals surface area contributed by atoms with Crippen LogP contribution in [0.25, 0.3) is 0 Å². The number of carbonyl (C=O) groups excluding carboxylic acids is 1. The van der Waals surface area contributed by atoms with Crippen LogP contribution in [0, 0.1) is 5.92 Å². The van der Waals surface area contributed by atoms with Crippen molar-refractivity contribution < 1.29 is 27.5 Å². The first-order valence-corrected chi connectivity index (χ1v) is 12.6. The third-order valence-corrected chi connectivity index (χ3v) is 6.32. The lowest BCUT2D eigenvalue weighted by molar-refractivity contribution is -0.138. The molecule has 0 radical (unpaired) electrons. The molecule has 208 valence electrons. The Hall–Kier alpha value is -3.87. The molecule has 2 aliphatic heterocycles. The summed E-state index contributed by atoms with van der Waals surface area (Å²) in [6.45, 7) is 7.42. The number of nitrogens with one attached hydrogen (secondary N) is 1. The number of hydroxylamine groups is 1. The quantitative estimate of drug-likeness (QED) is 0.452. The topological polar surface area (TPSA) is 97.6 Å². The van der Waals surface area contributed by atoms with Gasteiger partial charge >= 0.3 is 12.3 Å². The second-order valence-corrected chi connectivity index (χ2v) is 10.6. The van der Waals surface area contributed by atoms with Crippen LogP contribution in [0.5, 0.6) is 0 Å². The van der Waals surface area contributed by atoms with Crippen molar-refractivity contribution in [3.63, 3.8) is 0 Å². The number of anilines is 3. The predicted molar refractivity (Wildman–Crippen MR) is 136 cm³/mol. The number of carbonyl (C=O) groups is 1. The van der Waals surface area contributed by atoms with Gasteiger partial charge in [0.2, 0.25) is 5.95 Å². The van der Waals surface area contributed by atoms with Gasteiger partial charge in [-0.3, -0.25) is 9.52 Å². The fraction of sp³-hybridized carbons (Fsp3) is 0.462. The van der Waals surface area contributed by atoms with Gasteiger partial charge in [-0.15, -0.1) is 0 Å². The lowest BCUT2D eigenvalue weighted by Gasteiger charge is -2.39. The Balaban J connectivity index is 1.27. The van der Waals surface area contributed by atoms with E-state index in [-0.39, 0.29) is 30.4 Å². The van der Waals surface area contributed by atoms with E-state index >= 15 is 0 Å². The molecule has 3 aromatic rings. The molecule has 1 atom stereocenters. The SMILES string of the molecule is CC(C)(C)OC(=O)N1CC(Cn2cc(Nc3ncc(C(F)(F)F)c(N4OCC[C@H]4c4ccccc4)n3)cn2)C1. The molecule has 1 aromatic carbocycles. The summed E-state index contributed by atoms with van der Waals surface area (Å²) in [5.74, 6) is -0.156. The van der Waals surface area contributed by atoms with Gasteiger partial charge in [0, 0.05) is 44.4 Å². The molecule has 1 N–H and O–H groups in total. The Morgan fingerprint density at radius 2 is 1.90 bits per heavy atom. The summed E-state index contributed by atoms with van der Waals surface area (Å²) in [7, 11) is 0. The molecule has 13 heteroatoms. The van der Waals surface area contributed by atoms with Crippen molar-refractivity contribution in [2.45, 2.75) is 51.6 Å². The maximum Gasteiger partial charge on any atom is 0.421 e. The largest absolute Gasteiger partial charge is 0.444 e. The van der Waals surface area contributed by atoms with E-state index in [1.54, 1.807) is 22.0 Å². The van der Waals surface area contributed by atoms with Crippen molar-refractivity contribution in [2.75, 3.05) is 30.1 Å². The van der Waals surface area contributed by atoms with Gasteiger partial charge < -0.3 is 15.0 Å². The molecule has 2 aromatic heterocycles. The number of hydrogen-bond acceptors (Lipinski definition) is 8. The molecule has 0 bridgehead atoms. The number of rotatable bonds is 6. The van der Waals surface area contributed by atoms with Crippen molar-refractivity contribution in [3.05, 3.63) is 60.0 Å². The van der Waals surface area contributed by atoms with Gasteiger partial charge in [-0.25, -0.2) is 14.8 Å². The number of nitrogens with zero attached hydrogens (tertiary/aromatic N) is 6. The second-order valence-electron chi connectivity index (χ2n) is 10.6. The van der Waals surface area contributed by atoms with Crippen molar-refractivity contribution in [1.29, 1.82) is 0 Å². The van der Waals surface area contributed by atoms with Crippen LogP contribution in [0.1, 0.15) is 44.4 Å². The summed E-state index contributed by atoms with van der Waals surface area (Å²) in [5, 5.41) is 8.49.